The lowest BCUT2D eigenvalue weighted by Crippen LogP contribution is -2.30. The van der Waals surface area contributed by atoms with Crippen LogP contribution in [0, 0.1) is 0 Å². The average molecular weight is 401 g/mol. The van der Waals surface area contributed by atoms with E-state index < -0.39 is 18.0 Å². The van der Waals surface area contributed by atoms with Crippen molar-refractivity contribution < 1.29 is 27.5 Å². The van der Waals surface area contributed by atoms with Gasteiger partial charge in [0.15, 0.2) is 0 Å². The first-order valence-corrected chi connectivity index (χ1v) is 8.29. The number of carbonyl (C=O) groups is 2. The van der Waals surface area contributed by atoms with Crippen molar-refractivity contribution in [3.63, 3.8) is 0 Å². The molecule has 9 heteroatoms. The molecule has 2 aromatic carbocycles. The lowest BCUT2D eigenvalue weighted by atomic mass is 10.2. The van der Waals surface area contributed by atoms with Gasteiger partial charge in [0.05, 0.1) is 23.0 Å². The Morgan fingerprint density at radius 2 is 1.56 bits per heavy atom. The molecule has 0 aliphatic carbocycles. The molecular formula is C18H16ClF3N2O3. The second-order valence-electron chi connectivity index (χ2n) is 5.43. The molecule has 0 aliphatic rings. The van der Waals surface area contributed by atoms with E-state index in [0.29, 0.717) is 17.2 Å². The van der Waals surface area contributed by atoms with Crippen LogP contribution in [0.15, 0.2) is 48.5 Å². The van der Waals surface area contributed by atoms with Crippen LogP contribution in [-0.4, -0.2) is 24.6 Å². The maximum absolute atomic E-state index is 12.4. The van der Waals surface area contributed by atoms with Gasteiger partial charge in [-0.2, -0.15) is 13.2 Å². The lowest BCUT2D eigenvalue weighted by Gasteiger charge is -2.13. The number of hydrogen-bond acceptors (Lipinski definition) is 3. The van der Waals surface area contributed by atoms with Gasteiger partial charge < -0.3 is 15.4 Å². The minimum absolute atomic E-state index is 0.0754. The third kappa shape index (κ3) is 6.49. The molecule has 0 radical (unpaired) electrons. The summed E-state index contributed by atoms with van der Waals surface area (Å²) in [7, 11) is 0. The van der Waals surface area contributed by atoms with Gasteiger partial charge in [0.1, 0.15) is 5.75 Å². The van der Waals surface area contributed by atoms with E-state index in [1.807, 2.05) is 0 Å². The van der Waals surface area contributed by atoms with E-state index in [-0.39, 0.29) is 24.4 Å². The summed E-state index contributed by atoms with van der Waals surface area (Å²) in [4.78, 5) is 23.1. The van der Waals surface area contributed by atoms with Crippen molar-refractivity contribution in [1.82, 2.24) is 0 Å². The Labute approximate surface area is 158 Å². The van der Waals surface area contributed by atoms with Crippen molar-refractivity contribution in [3.8, 4) is 5.75 Å². The summed E-state index contributed by atoms with van der Waals surface area (Å²) in [5.41, 5.74) is -0.0624. The van der Waals surface area contributed by atoms with E-state index in [1.54, 1.807) is 29.6 Å². The second kappa shape index (κ2) is 9.27. The van der Waals surface area contributed by atoms with Crippen LogP contribution >= 0.6 is 11.6 Å². The quantitative estimate of drug-likeness (QED) is 0.665. The number of amides is 2. The highest BCUT2D eigenvalue weighted by Gasteiger charge is 2.39. The molecule has 0 atom stereocenters. The van der Waals surface area contributed by atoms with Crippen LogP contribution < -0.4 is 15.4 Å². The van der Waals surface area contributed by atoms with Crippen LogP contribution in [0.2, 0.25) is 5.02 Å². The largest absolute Gasteiger partial charge is 0.492 e. The van der Waals surface area contributed by atoms with Crippen LogP contribution in [0.5, 0.6) is 5.75 Å². The molecule has 2 N–H and O–H groups in total. The fourth-order valence-corrected chi connectivity index (χ4v) is 2.27. The van der Waals surface area contributed by atoms with Crippen molar-refractivity contribution in [1.29, 1.82) is 0 Å². The van der Waals surface area contributed by atoms with E-state index in [2.05, 4.69) is 5.32 Å². The van der Waals surface area contributed by atoms with Crippen molar-refractivity contribution in [2.24, 2.45) is 0 Å². The van der Waals surface area contributed by atoms with E-state index >= 15 is 0 Å². The third-order valence-corrected chi connectivity index (χ3v) is 3.66. The van der Waals surface area contributed by atoms with Gasteiger partial charge in [-0.15, -0.1) is 0 Å². The van der Waals surface area contributed by atoms with Gasteiger partial charge in [-0.05, 0) is 30.7 Å². The van der Waals surface area contributed by atoms with Gasteiger partial charge in [-0.1, -0.05) is 35.9 Å². The van der Waals surface area contributed by atoms with Crippen LogP contribution in [0.4, 0.5) is 24.5 Å². The van der Waals surface area contributed by atoms with E-state index in [0.717, 1.165) is 0 Å². The maximum atomic E-state index is 12.4. The Balaban J connectivity index is 1.85. The minimum Gasteiger partial charge on any atom is -0.492 e. The SMILES string of the molecule is O=C(CCCOc1ccccc1Cl)Nc1ccccc1NC(=O)C(F)(F)F. The van der Waals surface area contributed by atoms with Crippen molar-refractivity contribution in [2.75, 3.05) is 17.2 Å². The molecule has 0 aromatic heterocycles. The summed E-state index contributed by atoms with van der Waals surface area (Å²) < 4.78 is 42.6. The molecule has 0 bridgehead atoms. The second-order valence-corrected chi connectivity index (χ2v) is 5.84. The summed E-state index contributed by atoms with van der Waals surface area (Å²) in [5.74, 6) is -2.04. The first kappa shape index (κ1) is 20.6. The topological polar surface area (TPSA) is 67.4 Å². The number of rotatable bonds is 7. The van der Waals surface area contributed by atoms with Gasteiger partial charge in [0.25, 0.3) is 0 Å². The predicted octanol–water partition coefficient (Wildman–Crippen LogP) is 4.64. The number of ether oxygens (including phenoxy) is 1. The molecule has 5 nitrogen and oxygen atoms in total. The molecule has 27 heavy (non-hydrogen) atoms. The zero-order valence-corrected chi connectivity index (χ0v) is 14.7. The molecule has 0 saturated heterocycles. The third-order valence-electron chi connectivity index (χ3n) is 3.35. The zero-order chi connectivity index (χ0) is 19.9. The van der Waals surface area contributed by atoms with E-state index in [4.69, 9.17) is 16.3 Å². The molecule has 0 heterocycles. The Bertz CT molecular complexity index is 812. The number of hydrogen-bond donors (Lipinski definition) is 2. The Morgan fingerprint density at radius 3 is 2.19 bits per heavy atom. The molecule has 0 saturated carbocycles. The van der Waals surface area contributed by atoms with Crippen LogP contribution in [0.3, 0.4) is 0 Å². The van der Waals surface area contributed by atoms with Gasteiger partial charge in [0, 0.05) is 6.42 Å². The van der Waals surface area contributed by atoms with E-state index in [9.17, 15) is 22.8 Å². The first-order chi connectivity index (χ1) is 12.8. The number of carbonyl (C=O) groups excluding carboxylic acids is 2. The minimum atomic E-state index is -5.02. The summed E-state index contributed by atoms with van der Waals surface area (Å²) in [6.07, 6.45) is -4.58. The molecule has 2 amide bonds. The molecule has 2 aromatic rings. The average Bonchev–Trinajstić information content (AvgIpc) is 2.61. The Kier molecular flexibility index (Phi) is 7.06. The highest BCUT2D eigenvalue weighted by molar-refractivity contribution is 6.32. The predicted molar refractivity (Wildman–Crippen MR) is 95.9 cm³/mol. The van der Waals surface area contributed by atoms with E-state index in [1.165, 1.54) is 24.3 Å². The molecule has 144 valence electrons. The molecule has 0 unspecified atom stereocenters. The van der Waals surface area contributed by atoms with Crippen LogP contribution in [0.1, 0.15) is 12.8 Å². The normalized spacial score (nSPS) is 11.0. The zero-order valence-electron chi connectivity index (χ0n) is 14.0. The van der Waals surface area contributed by atoms with Crippen LogP contribution in [-0.2, 0) is 9.59 Å². The summed E-state index contributed by atoms with van der Waals surface area (Å²) in [6, 6.07) is 12.5. The number of alkyl halides is 3. The Hall–Kier alpha value is -2.74. The van der Waals surface area contributed by atoms with Gasteiger partial charge in [0.2, 0.25) is 5.91 Å². The fraction of sp³-hybridized carbons (Fsp3) is 0.222. The van der Waals surface area contributed by atoms with Crippen molar-refractivity contribution >= 4 is 34.8 Å². The maximum Gasteiger partial charge on any atom is 0.471 e. The number of anilines is 2. The number of halogens is 4. The number of nitrogens with one attached hydrogen (secondary N) is 2. The fourth-order valence-electron chi connectivity index (χ4n) is 2.08. The molecule has 0 spiro atoms. The smallest absolute Gasteiger partial charge is 0.471 e. The highest BCUT2D eigenvalue weighted by Crippen LogP contribution is 2.25. The van der Waals surface area contributed by atoms with Crippen LogP contribution in [0.25, 0.3) is 0 Å². The Morgan fingerprint density at radius 1 is 0.963 bits per heavy atom. The first-order valence-electron chi connectivity index (χ1n) is 7.92. The van der Waals surface area contributed by atoms with Crippen molar-refractivity contribution in [3.05, 3.63) is 53.6 Å². The number of para-hydroxylation sites is 3. The van der Waals surface area contributed by atoms with Crippen molar-refractivity contribution in [2.45, 2.75) is 19.0 Å². The molecule has 0 fully saturated rings. The lowest BCUT2D eigenvalue weighted by molar-refractivity contribution is -0.167. The molecular weight excluding hydrogens is 385 g/mol. The van der Waals surface area contributed by atoms with Gasteiger partial charge in [-0.25, -0.2) is 0 Å². The van der Waals surface area contributed by atoms with Gasteiger partial charge >= 0.3 is 12.1 Å². The molecule has 0 aliphatic heterocycles. The molecule has 2 rings (SSSR count). The standard InChI is InChI=1S/C18H16ClF3N2O3/c19-12-6-1-4-9-15(12)27-11-5-10-16(25)23-13-7-2-3-8-14(13)24-17(26)18(20,21)22/h1-4,6-9H,5,10-11H2,(H,23,25)(H,24,26). The monoisotopic (exact) mass is 400 g/mol. The summed E-state index contributed by atoms with van der Waals surface area (Å²) in [6.45, 7) is 0.240. The summed E-state index contributed by atoms with van der Waals surface area (Å²) in [5, 5.41) is 4.66. The number of benzene rings is 2. The highest BCUT2D eigenvalue weighted by atomic mass is 35.5. The summed E-state index contributed by atoms with van der Waals surface area (Å²) >= 11 is 5.95. The van der Waals surface area contributed by atoms with Gasteiger partial charge in [-0.3, -0.25) is 9.59 Å².